The molecule has 0 spiro atoms. The van der Waals surface area contributed by atoms with Crippen LogP contribution >= 0.6 is 0 Å². The number of nitrogens with one attached hydrogen (secondary N) is 3. The second-order valence-corrected chi connectivity index (χ2v) is 5.87. The van der Waals surface area contributed by atoms with Gasteiger partial charge in [-0.15, -0.1) is 0 Å². The lowest BCUT2D eigenvalue weighted by Crippen LogP contribution is -2.37. The maximum absolute atomic E-state index is 13.8. The van der Waals surface area contributed by atoms with E-state index in [2.05, 4.69) is 25.9 Å². The Bertz CT molecular complexity index is 871. The summed E-state index contributed by atoms with van der Waals surface area (Å²) in [4.78, 5) is 12.1. The molecule has 0 aliphatic rings. The molecular formula is C17H19FN6O. The molecule has 2 heterocycles. The first-order valence-electron chi connectivity index (χ1n) is 7.89. The Morgan fingerprint density at radius 1 is 1.40 bits per heavy atom. The summed E-state index contributed by atoms with van der Waals surface area (Å²) >= 11 is 0. The van der Waals surface area contributed by atoms with Crippen LogP contribution in [0.1, 0.15) is 18.3 Å². The molecule has 1 aromatic carbocycles. The number of nitrogens with zero attached hydrogens (tertiary/aromatic N) is 3. The van der Waals surface area contributed by atoms with Crippen LogP contribution in [0.25, 0.3) is 5.69 Å². The third-order valence-electron chi connectivity index (χ3n) is 3.59. The maximum atomic E-state index is 13.8. The highest BCUT2D eigenvalue weighted by molar-refractivity contribution is 5.89. The molecule has 3 N–H and O–H groups in total. The van der Waals surface area contributed by atoms with Gasteiger partial charge in [0.2, 0.25) is 0 Å². The van der Waals surface area contributed by atoms with Gasteiger partial charge < -0.3 is 10.6 Å². The number of para-hydroxylation sites is 1. The summed E-state index contributed by atoms with van der Waals surface area (Å²) in [5, 5.41) is 16.6. The second-order valence-electron chi connectivity index (χ2n) is 5.87. The van der Waals surface area contributed by atoms with E-state index in [1.165, 1.54) is 16.9 Å². The molecular weight excluding hydrogens is 323 g/mol. The second kappa shape index (κ2) is 7.16. The van der Waals surface area contributed by atoms with E-state index >= 15 is 0 Å². The van der Waals surface area contributed by atoms with E-state index in [0.29, 0.717) is 17.8 Å². The number of hydrogen-bond acceptors (Lipinski definition) is 3. The summed E-state index contributed by atoms with van der Waals surface area (Å²) in [5.41, 5.74) is 2.66. The summed E-state index contributed by atoms with van der Waals surface area (Å²) in [7, 11) is 0. The molecule has 0 saturated carbocycles. The number of benzene rings is 1. The van der Waals surface area contributed by atoms with Crippen LogP contribution in [0.2, 0.25) is 0 Å². The average molecular weight is 342 g/mol. The van der Waals surface area contributed by atoms with Crippen molar-refractivity contribution in [2.24, 2.45) is 0 Å². The molecule has 3 rings (SSSR count). The molecule has 0 aliphatic carbocycles. The van der Waals surface area contributed by atoms with Gasteiger partial charge in [0.05, 0.1) is 23.8 Å². The first kappa shape index (κ1) is 16.7. The largest absolute Gasteiger partial charge is 0.335 e. The lowest BCUT2D eigenvalue weighted by molar-refractivity contribution is 0.249. The van der Waals surface area contributed by atoms with Gasteiger partial charge in [0, 0.05) is 18.2 Å². The number of carbonyl (C=O) groups excluding carboxylic acids is 1. The minimum atomic E-state index is -0.385. The van der Waals surface area contributed by atoms with Crippen molar-refractivity contribution in [3.8, 4) is 5.69 Å². The molecule has 3 aromatic rings. The summed E-state index contributed by atoms with van der Waals surface area (Å²) < 4.78 is 15.1. The standard InChI is InChI=1S/C17H19FN6O/c1-11(7-13-8-12(2)22-23-13)20-17(25)21-14-9-19-24(10-14)16-6-4-3-5-15(16)18/h3-6,8-11H,7H2,1-2H3,(H,22,23)(H2,20,21,25)/t11-/m1/s1. The number of aromatic nitrogens is 4. The highest BCUT2D eigenvalue weighted by Gasteiger charge is 2.12. The van der Waals surface area contributed by atoms with E-state index in [-0.39, 0.29) is 17.9 Å². The highest BCUT2D eigenvalue weighted by Crippen LogP contribution is 2.14. The molecule has 2 amide bonds. The van der Waals surface area contributed by atoms with Gasteiger partial charge in [0.1, 0.15) is 11.5 Å². The van der Waals surface area contributed by atoms with Crippen molar-refractivity contribution in [2.45, 2.75) is 26.3 Å². The molecule has 1 atom stereocenters. The van der Waals surface area contributed by atoms with Crippen LogP contribution in [-0.2, 0) is 6.42 Å². The Morgan fingerprint density at radius 3 is 2.92 bits per heavy atom. The zero-order valence-electron chi connectivity index (χ0n) is 14.0. The van der Waals surface area contributed by atoms with Gasteiger partial charge in [-0.25, -0.2) is 13.9 Å². The van der Waals surface area contributed by atoms with Crippen molar-refractivity contribution in [1.82, 2.24) is 25.3 Å². The van der Waals surface area contributed by atoms with Crippen LogP contribution < -0.4 is 10.6 Å². The van der Waals surface area contributed by atoms with Gasteiger partial charge >= 0.3 is 6.03 Å². The van der Waals surface area contributed by atoms with Crippen LogP contribution in [0.3, 0.4) is 0 Å². The van der Waals surface area contributed by atoms with Crippen molar-refractivity contribution < 1.29 is 9.18 Å². The number of urea groups is 1. The summed E-state index contributed by atoms with van der Waals surface area (Å²) in [5.74, 6) is -0.385. The van der Waals surface area contributed by atoms with Crippen molar-refractivity contribution in [3.63, 3.8) is 0 Å². The zero-order valence-corrected chi connectivity index (χ0v) is 14.0. The van der Waals surface area contributed by atoms with Crippen molar-refractivity contribution in [2.75, 3.05) is 5.32 Å². The Kier molecular flexibility index (Phi) is 4.78. The van der Waals surface area contributed by atoms with E-state index in [1.54, 1.807) is 24.4 Å². The molecule has 8 heteroatoms. The van der Waals surface area contributed by atoms with Crippen LogP contribution in [0.5, 0.6) is 0 Å². The average Bonchev–Trinajstić information content (AvgIpc) is 3.16. The lowest BCUT2D eigenvalue weighted by Gasteiger charge is -2.12. The number of anilines is 1. The maximum Gasteiger partial charge on any atom is 0.319 e. The predicted octanol–water partition coefficient (Wildman–Crippen LogP) is 2.80. The van der Waals surface area contributed by atoms with Gasteiger partial charge in [-0.3, -0.25) is 5.10 Å². The molecule has 0 saturated heterocycles. The lowest BCUT2D eigenvalue weighted by atomic mass is 10.2. The number of H-pyrrole nitrogens is 1. The number of amides is 2. The molecule has 25 heavy (non-hydrogen) atoms. The Balaban J connectivity index is 1.57. The van der Waals surface area contributed by atoms with Crippen LogP contribution in [0.15, 0.2) is 42.7 Å². The Morgan fingerprint density at radius 2 is 2.20 bits per heavy atom. The molecule has 0 aliphatic heterocycles. The van der Waals surface area contributed by atoms with Gasteiger partial charge in [-0.2, -0.15) is 10.2 Å². The number of hydrogen-bond donors (Lipinski definition) is 3. The molecule has 2 aromatic heterocycles. The van der Waals surface area contributed by atoms with Gasteiger partial charge in [-0.05, 0) is 32.0 Å². The zero-order chi connectivity index (χ0) is 17.8. The molecule has 0 fully saturated rings. The topological polar surface area (TPSA) is 87.6 Å². The molecule has 0 unspecified atom stereocenters. The summed E-state index contributed by atoms with van der Waals surface area (Å²) in [6, 6.07) is 7.79. The van der Waals surface area contributed by atoms with Crippen LogP contribution in [0.4, 0.5) is 14.9 Å². The van der Waals surface area contributed by atoms with Crippen molar-refractivity contribution in [3.05, 3.63) is 59.9 Å². The van der Waals surface area contributed by atoms with E-state index in [0.717, 1.165) is 11.4 Å². The van der Waals surface area contributed by atoms with E-state index in [4.69, 9.17) is 0 Å². The highest BCUT2D eigenvalue weighted by atomic mass is 19.1. The fourth-order valence-electron chi connectivity index (χ4n) is 2.49. The van der Waals surface area contributed by atoms with Crippen molar-refractivity contribution >= 4 is 11.7 Å². The fraction of sp³-hybridized carbons (Fsp3) is 0.235. The molecule has 0 bridgehead atoms. The summed E-state index contributed by atoms with van der Waals surface area (Å²) in [6.45, 7) is 3.82. The van der Waals surface area contributed by atoms with E-state index in [1.807, 2.05) is 19.9 Å². The number of rotatable bonds is 5. The first-order chi connectivity index (χ1) is 12.0. The Labute approximate surface area is 144 Å². The van der Waals surface area contributed by atoms with E-state index < -0.39 is 0 Å². The number of aryl methyl sites for hydroxylation is 1. The predicted molar refractivity (Wildman–Crippen MR) is 92.2 cm³/mol. The van der Waals surface area contributed by atoms with E-state index in [9.17, 15) is 9.18 Å². The molecule has 130 valence electrons. The third kappa shape index (κ3) is 4.23. The fourth-order valence-corrected chi connectivity index (χ4v) is 2.49. The first-order valence-corrected chi connectivity index (χ1v) is 7.89. The van der Waals surface area contributed by atoms with Gasteiger partial charge in [-0.1, -0.05) is 12.1 Å². The number of halogens is 1. The minimum Gasteiger partial charge on any atom is -0.335 e. The van der Waals surface area contributed by atoms with Crippen LogP contribution in [-0.4, -0.2) is 32.1 Å². The SMILES string of the molecule is Cc1cc(C[C@@H](C)NC(=O)Nc2cnn(-c3ccccc3F)c2)n[nH]1. The minimum absolute atomic E-state index is 0.0932. The Hall–Kier alpha value is -3.16. The molecule has 0 radical (unpaired) electrons. The van der Waals surface area contributed by atoms with Crippen molar-refractivity contribution in [1.29, 1.82) is 0 Å². The van der Waals surface area contributed by atoms with Crippen LogP contribution in [0, 0.1) is 12.7 Å². The molecule has 7 nitrogen and oxygen atoms in total. The monoisotopic (exact) mass is 342 g/mol. The normalized spacial score (nSPS) is 12.0. The number of carbonyl (C=O) groups is 1. The quantitative estimate of drug-likeness (QED) is 0.666. The van der Waals surface area contributed by atoms with Gasteiger partial charge in [0.25, 0.3) is 0 Å². The number of aromatic amines is 1. The third-order valence-corrected chi connectivity index (χ3v) is 3.59. The smallest absolute Gasteiger partial charge is 0.319 e. The summed E-state index contributed by atoms with van der Waals surface area (Å²) in [6.07, 6.45) is 3.64. The van der Waals surface area contributed by atoms with Gasteiger partial charge in [0.15, 0.2) is 0 Å².